The molecule has 6 aliphatic carbocycles. The van der Waals surface area contributed by atoms with Crippen molar-refractivity contribution in [1.29, 1.82) is 0 Å². The summed E-state index contributed by atoms with van der Waals surface area (Å²) in [7, 11) is 0. The van der Waals surface area contributed by atoms with Crippen molar-refractivity contribution in [3.63, 3.8) is 0 Å². The van der Waals surface area contributed by atoms with E-state index in [1.807, 2.05) is 6.07 Å². The number of aliphatic hydroxyl groups excluding tert-OH is 2. The lowest BCUT2D eigenvalue weighted by atomic mass is 9.39. The summed E-state index contributed by atoms with van der Waals surface area (Å²) < 4.78 is 18.6. The molecule has 2 unspecified atom stereocenters. The average Bonchev–Trinajstić information content (AvgIpc) is 3.28. The summed E-state index contributed by atoms with van der Waals surface area (Å²) in [6.07, 6.45) is -2.10. The highest BCUT2D eigenvalue weighted by molar-refractivity contribution is 5.89. The van der Waals surface area contributed by atoms with Crippen LogP contribution in [0.3, 0.4) is 0 Å². The van der Waals surface area contributed by atoms with Crippen molar-refractivity contribution < 1.29 is 38.8 Å². The molecule has 40 heavy (non-hydrogen) atoms. The Bertz CT molecular complexity index is 1360. The monoisotopic (exact) mass is 549 g/mol. The summed E-state index contributed by atoms with van der Waals surface area (Å²) in [5, 5.41) is 23.8. The van der Waals surface area contributed by atoms with Crippen LogP contribution in [-0.2, 0) is 23.8 Å². The molecule has 2 N–H and O–H groups in total. The second-order valence-electron chi connectivity index (χ2n) is 13.7. The second-order valence-corrected chi connectivity index (χ2v) is 13.7. The van der Waals surface area contributed by atoms with E-state index in [2.05, 4.69) is 18.4 Å². The molecule has 15 atom stereocenters. The van der Waals surface area contributed by atoms with Crippen LogP contribution < -0.4 is 0 Å². The minimum atomic E-state index is -0.817. The average molecular weight is 550 g/mol. The molecule has 9 heteroatoms. The first kappa shape index (κ1) is 25.0. The maximum atomic E-state index is 13.4. The van der Waals surface area contributed by atoms with Crippen molar-refractivity contribution in [2.45, 2.75) is 82.8 Å². The summed E-state index contributed by atoms with van der Waals surface area (Å²) in [5.74, 6) is -2.40. The Morgan fingerprint density at radius 1 is 1.00 bits per heavy atom. The molecule has 9 aliphatic rings. The lowest BCUT2D eigenvalue weighted by Gasteiger charge is -2.67. The fourth-order valence-electron chi connectivity index (χ4n) is 12.0. The van der Waals surface area contributed by atoms with E-state index < -0.39 is 70.7 Å². The predicted octanol–water partition coefficient (Wildman–Crippen LogP) is 2.06. The van der Waals surface area contributed by atoms with Gasteiger partial charge in [-0.1, -0.05) is 37.3 Å². The summed E-state index contributed by atoms with van der Waals surface area (Å²) in [6.45, 7) is 9.13. The van der Waals surface area contributed by atoms with E-state index in [-0.39, 0.29) is 29.8 Å². The van der Waals surface area contributed by atoms with Crippen LogP contribution in [0, 0.1) is 39.9 Å². The van der Waals surface area contributed by atoms with Crippen LogP contribution in [0.1, 0.15) is 50.4 Å². The largest absolute Gasteiger partial charge is 0.461 e. The SMILES string of the molecule is C=C1C[C@]23C[C@H]4[C@H]5[C@]67[C@H](OC(C)=O)[C@@H](OC(=O)c8ccccc8)C[C@@]5(C)C(O)N4[C@@H]6[C@H]2[C@@H](O)[C@H]1[C@@H](OC(C)=O)[C@H]37. The number of carbonyl (C=O) groups is 3. The molecule has 9 bridgehead atoms. The van der Waals surface area contributed by atoms with Gasteiger partial charge < -0.3 is 24.4 Å². The molecule has 3 saturated heterocycles. The zero-order chi connectivity index (χ0) is 28.1. The first-order valence-corrected chi connectivity index (χ1v) is 14.4. The second kappa shape index (κ2) is 7.55. The van der Waals surface area contributed by atoms with E-state index >= 15 is 0 Å². The molecular weight excluding hydrogens is 514 g/mol. The quantitative estimate of drug-likeness (QED) is 0.330. The third kappa shape index (κ3) is 2.51. The molecule has 3 heterocycles. The summed E-state index contributed by atoms with van der Waals surface area (Å²) >= 11 is 0. The number of fused-ring (bicyclic) bond motifs is 1. The number of ether oxygens (including phenoxy) is 3. The van der Waals surface area contributed by atoms with Gasteiger partial charge in [-0.25, -0.2) is 4.79 Å². The molecule has 0 amide bonds. The molecule has 0 radical (unpaired) electrons. The first-order chi connectivity index (χ1) is 19.0. The Morgan fingerprint density at radius 2 is 1.70 bits per heavy atom. The number of esters is 3. The Hall–Kier alpha value is -2.75. The van der Waals surface area contributed by atoms with Gasteiger partial charge in [0.25, 0.3) is 0 Å². The summed E-state index contributed by atoms with van der Waals surface area (Å²) in [5.41, 5.74) is -0.558. The van der Waals surface area contributed by atoms with Crippen LogP contribution in [0.25, 0.3) is 0 Å². The zero-order valence-electron chi connectivity index (χ0n) is 22.9. The van der Waals surface area contributed by atoms with Crippen LogP contribution in [-0.4, -0.2) is 75.7 Å². The molecular formula is C31H35NO8. The Kier molecular flexibility index (Phi) is 4.72. The van der Waals surface area contributed by atoms with Gasteiger partial charge in [-0.05, 0) is 42.7 Å². The van der Waals surface area contributed by atoms with E-state index in [0.29, 0.717) is 18.4 Å². The maximum Gasteiger partial charge on any atom is 0.338 e. The highest BCUT2D eigenvalue weighted by Crippen LogP contribution is 2.88. The van der Waals surface area contributed by atoms with Crippen LogP contribution >= 0.6 is 0 Å². The Morgan fingerprint density at radius 3 is 2.38 bits per heavy atom. The highest BCUT2D eigenvalue weighted by atomic mass is 16.6. The van der Waals surface area contributed by atoms with E-state index in [4.69, 9.17) is 14.2 Å². The van der Waals surface area contributed by atoms with Gasteiger partial charge in [0.1, 0.15) is 24.5 Å². The lowest BCUT2D eigenvalue weighted by Crippen LogP contribution is -2.72. The first-order valence-electron chi connectivity index (χ1n) is 14.4. The number of piperidine rings is 2. The highest BCUT2D eigenvalue weighted by Gasteiger charge is 2.94. The van der Waals surface area contributed by atoms with Crippen molar-refractivity contribution in [1.82, 2.24) is 4.90 Å². The van der Waals surface area contributed by atoms with Gasteiger partial charge in [0, 0.05) is 54.5 Å². The van der Waals surface area contributed by atoms with Gasteiger partial charge in [0.15, 0.2) is 0 Å². The van der Waals surface area contributed by atoms with Crippen LogP contribution in [0.2, 0.25) is 0 Å². The molecule has 1 aromatic rings. The number of hydrogen-bond acceptors (Lipinski definition) is 9. The summed E-state index contributed by atoms with van der Waals surface area (Å²) in [6, 6.07) is 8.42. The number of aliphatic hydroxyl groups is 2. The number of rotatable bonds is 4. The molecule has 212 valence electrons. The van der Waals surface area contributed by atoms with Crippen LogP contribution in [0.15, 0.2) is 42.5 Å². The van der Waals surface area contributed by atoms with Crippen LogP contribution in [0.4, 0.5) is 0 Å². The van der Waals surface area contributed by atoms with Gasteiger partial charge in [-0.3, -0.25) is 14.5 Å². The minimum Gasteiger partial charge on any atom is -0.461 e. The lowest BCUT2D eigenvalue weighted by molar-refractivity contribution is -0.266. The van der Waals surface area contributed by atoms with Crippen molar-refractivity contribution in [3.8, 4) is 0 Å². The topological polar surface area (TPSA) is 123 Å². The molecule has 10 rings (SSSR count). The third-order valence-electron chi connectivity index (χ3n) is 12.3. The molecule has 0 aromatic heterocycles. The third-order valence-corrected chi connectivity index (χ3v) is 12.3. The smallest absolute Gasteiger partial charge is 0.338 e. The van der Waals surface area contributed by atoms with Gasteiger partial charge >= 0.3 is 17.9 Å². The number of carbonyl (C=O) groups excluding carboxylic acids is 3. The molecule has 6 saturated carbocycles. The van der Waals surface area contributed by atoms with Gasteiger partial charge in [-0.2, -0.15) is 0 Å². The Balaban J connectivity index is 1.34. The van der Waals surface area contributed by atoms with E-state index in [0.717, 1.165) is 12.0 Å². The van der Waals surface area contributed by atoms with Crippen molar-refractivity contribution in [2.75, 3.05) is 0 Å². The van der Waals surface area contributed by atoms with Crippen molar-refractivity contribution >= 4 is 17.9 Å². The zero-order valence-corrected chi connectivity index (χ0v) is 22.9. The molecule has 3 aliphatic heterocycles. The Labute approximate surface area is 232 Å². The standard InChI is InChI=1S/C31H35NO8/c1-13-10-30-11-17-23-29(4)12-18(40-27(36)16-8-6-5-7-9-16)26(39-15(3)34)31(23)24(30)22(38-14(2)33)19(13)21(35)20(30)25(31)32(17)28(29)37/h5-9,17-26,28,35,37H,1,10-12H2,2-4H3/t17-,18-,19-,20+,21-,22+,23+,24+,25+,26+,28?,29+,30-,31+/m0/s1. The van der Waals surface area contributed by atoms with Gasteiger partial charge in [0.2, 0.25) is 0 Å². The summed E-state index contributed by atoms with van der Waals surface area (Å²) in [4.78, 5) is 40.9. The van der Waals surface area contributed by atoms with E-state index in [9.17, 15) is 24.6 Å². The molecule has 1 aromatic carbocycles. The van der Waals surface area contributed by atoms with Crippen LogP contribution in [0.5, 0.6) is 0 Å². The fourth-order valence-corrected chi connectivity index (χ4v) is 12.0. The number of nitrogens with zero attached hydrogens (tertiary/aromatic N) is 1. The minimum absolute atomic E-state index is 0.0222. The van der Waals surface area contributed by atoms with Crippen molar-refractivity contribution in [2.24, 2.45) is 39.9 Å². The molecule has 9 nitrogen and oxygen atoms in total. The number of benzene rings is 1. The maximum absolute atomic E-state index is 13.4. The molecule has 9 fully saturated rings. The van der Waals surface area contributed by atoms with Gasteiger partial charge in [-0.15, -0.1) is 0 Å². The van der Waals surface area contributed by atoms with Crippen molar-refractivity contribution in [3.05, 3.63) is 48.0 Å². The normalized spacial score (nSPS) is 53.5. The van der Waals surface area contributed by atoms with E-state index in [1.165, 1.54) is 13.8 Å². The number of hydrogen-bond donors (Lipinski definition) is 2. The predicted molar refractivity (Wildman–Crippen MR) is 138 cm³/mol. The fraction of sp³-hybridized carbons (Fsp3) is 0.645. The van der Waals surface area contributed by atoms with Gasteiger partial charge in [0.05, 0.1) is 11.7 Å². The van der Waals surface area contributed by atoms with E-state index in [1.54, 1.807) is 24.3 Å². The molecule has 2 spiro atoms.